The monoisotopic (exact) mass is 246 g/mol. The Bertz CT molecular complexity index is 531. The van der Waals surface area contributed by atoms with Crippen molar-refractivity contribution in [1.29, 1.82) is 0 Å². The van der Waals surface area contributed by atoms with Crippen LogP contribution in [0.1, 0.15) is 27.9 Å². The molecule has 0 N–H and O–H groups in total. The Morgan fingerprint density at radius 1 is 1.33 bits per heavy atom. The Kier molecular flexibility index (Phi) is 3.28. The number of rotatable bonds is 2. The minimum Gasteiger partial charge on any atom is -0.463 e. The lowest BCUT2D eigenvalue weighted by molar-refractivity contribution is -0.153. The number of hydrogen-bond acceptors (Lipinski definition) is 4. The molecule has 0 saturated carbocycles. The van der Waals surface area contributed by atoms with Crippen LogP contribution in [-0.4, -0.2) is 24.6 Å². The van der Waals surface area contributed by atoms with Gasteiger partial charge < -0.3 is 4.74 Å². The van der Waals surface area contributed by atoms with Gasteiger partial charge in [0, 0.05) is 5.56 Å². The van der Waals surface area contributed by atoms with E-state index in [-0.39, 0.29) is 5.78 Å². The molecule has 0 bridgehead atoms. The van der Waals surface area contributed by atoms with Gasteiger partial charge in [0.1, 0.15) is 0 Å². The van der Waals surface area contributed by atoms with Gasteiger partial charge >= 0.3 is 5.97 Å². The fraction of sp³-hybridized carbons (Fsp3) is 0.357. The lowest BCUT2D eigenvalue weighted by Gasteiger charge is -2.21. The van der Waals surface area contributed by atoms with Gasteiger partial charge in [0.05, 0.1) is 13.0 Å². The topological polar surface area (TPSA) is 60.4 Å². The van der Waals surface area contributed by atoms with E-state index >= 15 is 0 Å². The molecule has 94 valence electrons. The predicted molar refractivity (Wildman–Crippen MR) is 64.3 cm³/mol. The van der Waals surface area contributed by atoms with Crippen molar-refractivity contribution >= 4 is 17.5 Å². The second-order valence-electron chi connectivity index (χ2n) is 4.47. The van der Waals surface area contributed by atoms with Gasteiger partial charge in [-0.3, -0.25) is 9.59 Å². The third-order valence-corrected chi connectivity index (χ3v) is 3.25. The van der Waals surface area contributed by atoms with Crippen LogP contribution >= 0.6 is 0 Å². The summed E-state index contributed by atoms with van der Waals surface area (Å²) in [5.41, 5.74) is 2.59. The summed E-state index contributed by atoms with van der Waals surface area (Å²) in [6.45, 7) is 1.95. The zero-order chi connectivity index (χ0) is 13.3. The number of carbonyl (C=O) groups is 3. The SMILES string of the molecule is COC(=O)C(=O)C1CCc2cc(C)ccc2C1=O. The van der Waals surface area contributed by atoms with E-state index in [2.05, 4.69) is 4.74 Å². The summed E-state index contributed by atoms with van der Waals surface area (Å²) in [5.74, 6) is -2.84. The van der Waals surface area contributed by atoms with Crippen molar-refractivity contribution in [2.45, 2.75) is 19.8 Å². The van der Waals surface area contributed by atoms with Crippen LogP contribution in [0, 0.1) is 12.8 Å². The number of hydrogen-bond donors (Lipinski definition) is 0. The van der Waals surface area contributed by atoms with Crippen molar-refractivity contribution in [2.75, 3.05) is 7.11 Å². The maximum Gasteiger partial charge on any atom is 0.375 e. The number of esters is 1. The van der Waals surface area contributed by atoms with Crippen LogP contribution in [0.4, 0.5) is 0 Å². The smallest absolute Gasteiger partial charge is 0.375 e. The highest BCUT2D eigenvalue weighted by molar-refractivity contribution is 6.39. The number of ketones is 2. The lowest BCUT2D eigenvalue weighted by atomic mass is 9.80. The highest BCUT2D eigenvalue weighted by atomic mass is 16.5. The average molecular weight is 246 g/mol. The van der Waals surface area contributed by atoms with E-state index in [1.165, 1.54) is 0 Å². The van der Waals surface area contributed by atoms with Crippen LogP contribution in [0.3, 0.4) is 0 Å². The number of fused-ring (bicyclic) bond motifs is 1. The zero-order valence-electron chi connectivity index (χ0n) is 10.4. The molecule has 1 aromatic rings. The molecule has 0 aliphatic heterocycles. The van der Waals surface area contributed by atoms with Crippen molar-refractivity contribution in [1.82, 2.24) is 0 Å². The molecule has 0 heterocycles. The Morgan fingerprint density at radius 2 is 2.06 bits per heavy atom. The van der Waals surface area contributed by atoms with E-state index in [4.69, 9.17) is 0 Å². The maximum absolute atomic E-state index is 12.2. The molecule has 4 heteroatoms. The van der Waals surface area contributed by atoms with Crippen LogP contribution in [0.2, 0.25) is 0 Å². The summed E-state index contributed by atoms with van der Waals surface area (Å²) in [6, 6.07) is 5.51. The minimum absolute atomic E-state index is 0.272. The first-order chi connectivity index (χ1) is 8.54. The van der Waals surface area contributed by atoms with Crippen molar-refractivity contribution in [3.63, 3.8) is 0 Å². The Morgan fingerprint density at radius 3 is 2.72 bits per heavy atom. The van der Waals surface area contributed by atoms with Gasteiger partial charge in [-0.2, -0.15) is 0 Å². The van der Waals surface area contributed by atoms with Gasteiger partial charge in [-0.15, -0.1) is 0 Å². The number of ether oxygens (including phenoxy) is 1. The molecule has 1 aromatic carbocycles. The van der Waals surface area contributed by atoms with E-state index in [9.17, 15) is 14.4 Å². The minimum atomic E-state index is -0.941. The molecular weight excluding hydrogens is 232 g/mol. The Labute approximate surface area is 105 Å². The van der Waals surface area contributed by atoms with Crippen molar-refractivity contribution < 1.29 is 19.1 Å². The first-order valence-electron chi connectivity index (χ1n) is 5.80. The molecular formula is C14H14O4. The van der Waals surface area contributed by atoms with E-state index < -0.39 is 17.7 Å². The van der Waals surface area contributed by atoms with Gasteiger partial charge in [-0.25, -0.2) is 4.79 Å². The highest BCUT2D eigenvalue weighted by Gasteiger charge is 2.36. The van der Waals surface area contributed by atoms with Gasteiger partial charge in [0.2, 0.25) is 0 Å². The fourth-order valence-electron chi connectivity index (χ4n) is 2.28. The van der Waals surface area contributed by atoms with E-state index in [1.54, 1.807) is 6.07 Å². The maximum atomic E-state index is 12.2. The van der Waals surface area contributed by atoms with E-state index in [1.807, 2.05) is 19.1 Å². The summed E-state index contributed by atoms with van der Waals surface area (Å²) in [4.78, 5) is 35.1. The average Bonchev–Trinajstić information content (AvgIpc) is 2.37. The first-order valence-corrected chi connectivity index (χ1v) is 5.80. The largest absolute Gasteiger partial charge is 0.463 e. The molecule has 1 unspecified atom stereocenters. The van der Waals surface area contributed by atoms with Crippen LogP contribution in [-0.2, 0) is 20.7 Å². The normalized spacial score (nSPS) is 18.1. The molecule has 1 aliphatic rings. The molecule has 0 saturated heterocycles. The van der Waals surface area contributed by atoms with Gasteiger partial charge in [-0.05, 0) is 25.3 Å². The summed E-state index contributed by atoms with van der Waals surface area (Å²) >= 11 is 0. The van der Waals surface area contributed by atoms with Gasteiger partial charge in [-0.1, -0.05) is 23.8 Å². The molecule has 0 aromatic heterocycles. The molecule has 1 atom stereocenters. The number of methoxy groups -OCH3 is 1. The molecule has 4 nitrogen and oxygen atoms in total. The highest BCUT2D eigenvalue weighted by Crippen LogP contribution is 2.27. The summed E-state index contributed by atoms with van der Waals surface area (Å²) in [6.07, 6.45) is 1.01. The van der Waals surface area contributed by atoms with E-state index in [0.29, 0.717) is 18.4 Å². The molecule has 0 amide bonds. The number of aryl methyl sites for hydroxylation is 2. The zero-order valence-corrected chi connectivity index (χ0v) is 10.4. The molecule has 0 spiro atoms. The van der Waals surface area contributed by atoms with Crippen LogP contribution in [0.5, 0.6) is 0 Å². The lowest BCUT2D eigenvalue weighted by Crippen LogP contribution is -2.34. The third kappa shape index (κ3) is 2.06. The number of carbonyl (C=O) groups excluding carboxylic acids is 3. The quantitative estimate of drug-likeness (QED) is 0.450. The van der Waals surface area contributed by atoms with Gasteiger partial charge in [0.15, 0.2) is 5.78 Å². The predicted octanol–water partition coefficient (Wildman–Crippen LogP) is 1.48. The number of benzene rings is 1. The van der Waals surface area contributed by atoms with Crippen LogP contribution in [0.15, 0.2) is 18.2 Å². The second-order valence-corrected chi connectivity index (χ2v) is 4.47. The molecule has 2 rings (SSSR count). The van der Waals surface area contributed by atoms with Gasteiger partial charge in [0.25, 0.3) is 5.78 Å². The Hall–Kier alpha value is -1.97. The summed E-state index contributed by atoms with van der Waals surface area (Å²) in [5, 5.41) is 0. The summed E-state index contributed by atoms with van der Waals surface area (Å²) < 4.78 is 4.38. The third-order valence-electron chi connectivity index (χ3n) is 3.25. The van der Waals surface area contributed by atoms with Crippen LogP contribution in [0.25, 0.3) is 0 Å². The molecule has 0 fully saturated rings. The molecule has 0 radical (unpaired) electrons. The van der Waals surface area contributed by atoms with Crippen molar-refractivity contribution in [2.24, 2.45) is 5.92 Å². The molecule has 18 heavy (non-hydrogen) atoms. The number of Topliss-reactive ketones (excluding diaryl/α,β-unsaturated/α-hetero) is 2. The standard InChI is InChI=1S/C14H14O4/c1-8-3-5-10-9(7-8)4-6-11(12(10)15)13(16)14(17)18-2/h3,5,7,11H,4,6H2,1-2H3. The molecule has 1 aliphatic carbocycles. The summed E-state index contributed by atoms with van der Waals surface area (Å²) in [7, 11) is 1.14. The first kappa shape index (κ1) is 12.5. The van der Waals surface area contributed by atoms with Crippen molar-refractivity contribution in [3.05, 3.63) is 34.9 Å². The van der Waals surface area contributed by atoms with Crippen LogP contribution < -0.4 is 0 Å². The Balaban J connectivity index is 2.31. The van der Waals surface area contributed by atoms with E-state index in [0.717, 1.165) is 18.2 Å². The fourth-order valence-corrected chi connectivity index (χ4v) is 2.28. The second kappa shape index (κ2) is 4.72. The van der Waals surface area contributed by atoms with Crippen molar-refractivity contribution in [3.8, 4) is 0 Å².